The summed E-state index contributed by atoms with van der Waals surface area (Å²) in [7, 11) is 0. The summed E-state index contributed by atoms with van der Waals surface area (Å²) < 4.78 is 7.99. The minimum Gasteiger partial charge on any atom is -0.486 e. The maximum atomic E-state index is 12.7. The zero-order chi connectivity index (χ0) is 23.1. The lowest BCUT2D eigenvalue weighted by atomic mass is 10.2. The number of aryl methyl sites for hydroxylation is 1. The molecule has 32 heavy (non-hydrogen) atoms. The monoisotopic (exact) mass is 472 g/mol. The number of halogens is 1. The molecule has 6 nitrogen and oxygen atoms in total. The van der Waals surface area contributed by atoms with Gasteiger partial charge in [0.2, 0.25) is 5.91 Å². The van der Waals surface area contributed by atoms with Crippen LogP contribution in [0.3, 0.4) is 0 Å². The molecule has 0 spiro atoms. The van der Waals surface area contributed by atoms with Crippen molar-refractivity contribution in [3.05, 3.63) is 64.9 Å². The summed E-state index contributed by atoms with van der Waals surface area (Å²) in [5.41, 5.74) is 1.94. The number of carbonyl (C=O) groups excluding carboxylic acids is 1. The summed E-state index contributed by atoms with van der Waals surface area (Å²) in [4.78, 5) is 12.7. The Labute approximate surface area is 198 Å². The Hall–Kier alpha value is -2.51. The van der Waals surface area contributed by atoms with Crippen molar-refractivity contribution in [3.63, 3.8) is 0 Å². The molecule has 0 radical (unpaired) electrons. The average molecular weight is 473 g/mol. The van der Waals surface area contributed by atoms with E-state index in [0.717, 1.165) is 24.5 Å². The van der Waals surface area contributed by atoms with E-state index in [2.05, 4.69) is 48.4 Å². The molecule has 0 aliphatic carbocycles. The molecule has 2 aromatic carbocycles. The molecule has 0 aliphatic rings. The van der Waals surface area contributed by atoms with Gasteiger partial charge in [-0.2, -0.15) is 0 Å². The minimum atomic E-state index is -0.362. The van der Waals surface area contributed by atoms with Crippen molar-refractivity contribution in [2.45, 2.75) is 57.7 Å². The van der Waals surface area contributed by atoms with Gasteiger partial charge in [-0.05, 0) is 55.2 Å². The van der Waals surface area contributed by atoms with Gasteiger partial charge in [-0.3, -0.25) is 4.79 Å². The Balaban J connectivity index is 1.68. The van der Waals surface area contributed by atoms with Crippen LogP contribution in [-0.4, -0.2) is 25.9 Å². The quantitative estimate of drug-likeness (QED) is 0.375. The molecule has 8 heteroatoms. The highest BCUT2D eigenvalue weighted by Crippen LogP contribution is 2.25. The molecule has 1 aromatic heterocycles. The smallest absolute Gasteiger partial charge is 0.237 e. The second-order valence-electron chi connectivity index (χ2n) is 7.95. The van der Waals surface area contributed by atoms with Crippen molar-refractivity contribution in [1.82, 2.24) is 14.8 Å². The molecule has 0 fully saturated rings. The van der Waals surface area contributed by atoms with Crippen LogP contribution in [0.1, 0.15) is 39.1 Å². The molecular weight excluding hydrogens is 444 g/mol. The van der Waals surface area contributed by atoms with Crippen molar-refractivity contribution in [2.24, 2.45) is 5.92 Å². The molecule has 1 atom stereocenters. The van der Waals surface area contributed by atoms with E-state index in [0.29, 0.717) is 28.4 Å². The highest BCUT2D eigenvalue weighted by molar-refractivity contribution is 8.00. The first-order valence-electron chi connectivity index (χ1n) is 10.7. The SMILES string of the molecule is CCc1ccc(OCc2nnc(S[C@@H](C)C(=O)Nc3cccc(Cl)c3)n2CC(C)C)cc1. The van der Waals surface area contributed by atoms with Crippen molar-refractivity contribution < 1.29 is 9.53 Å². The molecule has 1 N–H and O–H groups in total. The van der Waals surface area contributed by atoms with Gasteiger partial charge in [-0.15, -0.1) is 10.2 Å². The number of nitrogens with zero attached hydrogens (tertiary/aromatic N) is 3. The maximum absolute atomic E-state index is 12.7. The summed E-state index contributed by atoms with van der Waals surface area (Å²) in [6.45, 7) is 9.31. The van der Waals surface area contributed by atoms with E-state index < -0.39 is 0 Å². The summed E-state index contributed by atoms with van der Waals surface area (Å²) >= 11 is 7.39. The van der Waals surface area contributed by atoms with Gasteiger partial charge in [0, 0.05) is 17.3 Å². The number of carbonyl (C=O) groups is 1. The lowest BCUT2D eigenvalue weighted by Crippen LogP contribution is -2.23. The van der Waals surface area contributed by atoms with Gasteiger partial charge in [0.05, 0.1) is 5.25 Å². The first-order chi connectivity index (χ1) is 15.4. The number of amides is 1. The summed E-state index contributed by atoms with van der Waals surface area (Å²) in [6, 6.07) is 15.2. The van der Waals surface area contributed by atoms with Crippen LogP contribution in [0.5, 0.6) is 5.75 Å². The van der Waals surface area contributed by atoms with Crippen LogP contribution in [0, 0.1) is 5.92 Å². The average Bonchev–Trinajstić information content (AvgIpc) is 3.13. The fraction of sp³-hybridized carbons (Fsp3) is 0.375. The predicted octanol–water partition coefficient (Wildman–Crippen LogP) is 5.85. The standard InChI is InChI=1S/C24H29ClN4O2S/c1-5-18-9-11-21(12-10-18)31-15-22-27-28-24(29(22)14-16(2)3)32-17(4)23(30)26-20-8-6-7-19(25)13-20/h6-13,16-17H,5,14-15H2,1-4H3,(H,26,30)/t17-/m0/s1. The topological polar surface area (TPSA) is 69.0 Å². The second kappa shape index (κ2) is 11.4. The Bertz CT molecular complexity index is 1040. The first-order valence-corrected chi connectivity index (χ1v) is 12.0. The highest BCUT2D eigenvalue weighted by atomic mass is 35.5. The fourth-order valence-electron chi connectivity index (χ4n) is 3.05. The van der Waals surface area contributed by atoms with E-state index in [-0.39, 0.29) is 11.2 Å². The Morgan fingerprint density at radius 1 is 1.16 bits per heavy atom. The van der Waals surface area contributed by atoms with E-state index in [9.17, 15) is 4.79 Å². The molecule has 3 aromatic rings. The lowest BCUT2D eigenvalue weighted by Gasteiger charge is -2.15. The van der Waals surface area contributed by atoms with Crippen LogP contribution in [0.4, 0.5) is 5.69 Å². The van der Waals surface area contributed by atoms with E-state index in [4.69, 9.17) is 16.3 Å². The molecule has 3 rings (SSSR count). The van der Waals surface area contributed by atoms with Gasteiger partial charge < -0.3 is 14.6 Å². The zero-order valence-corrected chi connectivity index (χ0v) is 20.4. The summed E-state index contributed by atoms with van der Waals surface area (Å²) in [6.07, 6.45) is 0.993. The van der Waals surface area contributed by atoms with Crippen molar-refractivity contribution in [3.8, 4) is 5.75 Å². The molecule has 1 heterocycles. The minimum absolute atomic E-state index is 0.120. The highest BCUT2D eigenvalue weighted by Gasteiger charge is 2.21. The zero-order valence-electron chi connectivity index (χ0n) is 18.8. The largest absolute Gasteiger partial charge is 0.486 e. The Kier molecular flexibility index (Phi) is 8.59. The number of ether oxygens (including phenoxy) is 1. The van der Waals surface area contributed by atoms with Crippen molar-refractivity contribution in [1.29, 1.82) is 0 Å². The molecule has 0 unspecified atom stereocenters. The van der Waals surface area contributed by atoms with Crippen LogP contribution in [0.2, 0.25) is 5.02 Å². The van der Waals surface area contributed by atoms with Gasteiger partial charge in [-0.25, -0.2) is 0 Å². The van der Waals surface area contributed by atoms with Crippen molar-refractivity contribution >= 4 is 35.0 Å². The molecular formula is C24H29ClN4O2S. The fourth-order valence-corrected chi connectivity index (χ4v) is 4.12. The van der Waals surface area contributed by atoms with Gasteiger partial charge >= 0.3 is 0 Å². The number of thioether (sulfide) groups is 1. The van der Waals surface area contributed by atoms with Crippen LogP contribution in [-0.2, 0) is 24.4 Å². The maximum Gasteiger partial charge on any atom is 0.237 e. The van der Waals surface area contributed by atoms with E-state index in [1.807, 2.05) is 29.7 Å². The van der Waals surface area contributed by atoms with Crippen LogP contribution in [0.15, 0.2) is 53.7 Å². The number of aromatic nitrogens is 3. The molecule has 1 amide bonds. The van der Waals surface area contributed by atoms with E-state index >= 15 is 0 Å². The summed E-state index contributed by atoms with van der Waals surface area (Å²) in [5, 5.41) is 12.5. The molecule has 0 bridgehead atoms. The van der Waals surface area contributed by atoms with E-state index in [1.54, 1.807) is 18.2 Å². The van der Waals surface area contributed by atoms with Crippen LogP contribution >= 0.6 is 23.4 Å². The molecule has 170 valence electrons. The molecule has 0 saturated carbocycles. The first kappa shape index (κ1) is 24.1. The third-order valence-corrected chi connectivity index (χ3v) is 6.10. The number of anilines is 1. The summed E-state index contributed by atoms with van der Waals surface area (Å²) in [5.74, 6) is 1.81. The van der Waals surface area contributed by atoms with Crippen molar-refractivity contribution in [2.75, 3.05) is 5.32 Å². The number of rotatable bonds is 10. The predicted molar refractivity (Wildman–Crippen MR) is 130 cm³/mol. The van der Waals surface area contributed by atoms with Crippen LogP contribution in [0.25, 0.3) is 0 Å². The number of benzene rings is 2. The van der Waals surface area contributed by atoms with Gasteiger partial charge in [0.15, 0.2) is 11.0 Å². The number of hydrogen-bond donors (Lipinski definition) is 1. The lowest BCUT2D eigenvalue weighted by molar-refractivity contribution is -0.115. The second-order valence-corrected chi connectivity index (χ2v) is 9.69. The van der Waals surface area contributed by atoms with E-state index in [1.165, 1.54) is 17.3 Å². The Morgan fingerprint density at radius 2 is 1.91 bits per heavy atom. The number of nitrogens with one attached hydrogen (secondary N) is 1. The third-order valence-electron chi connectivity index (χ3n) is 4.78. The van der Waals surface area contributed by atoms with Gasteiger partial charge in [0.1, 0.15) is 12.4 Å². The van der Waals surface area contributed by atoms with Crippen LogP contribution < -0.4 is 10.1 Å². The molecule has 0 aliphatic heterocycles. The normalized spacial score (nSPS) is 12.1. The third kappa shape index (κ3) is 6.74. The van der Waals surface area contributed by atoms with Gasteiger partial charge in [-0.1, -0.05) is 62.3 Å². The number of hydrogen-bond acceptors (Lipinski definition) is 5. The Morgan fingerprint density at radius 3 is 2.56 bits per heavy atom. The van der Waals surface area contributed by atoms with Gasteiger partial charge in [0.25, 0.3) is 0 Å². The molecule has 0 saturated heterocycles.